The number of hydrogen-bond donors (Lipinski definition) is 1. The van der Waals surface area contributed by atoms with Crippen molar-refractivity contribution in [1.82, 2.24) is 8.87 Å². The second kappa shape index (κ2) is 8.43. The largest absolute Gasteiger partial charge is 0.379 e. The predicted molar refractivity (Wildman–Crippen MR) is 114 cm³/mol. The molecule has 1 amide bonds. The van der Waals surface area contributed by atoms with E-state index in [1.165, 1.54) is 10.4 Å². The van der Waals surface area contributed by atoms with Crippen LogP contribution in [0.2, 0.25) is 0 Å². The van der Waals surface area contributed by atoms with Crippen molar-refractivity contribution in [1.29, 1.82) is 0 Å². The molecule has 0 radical (unpaired) electrons. The first-order chi connectivity index (χ1) is 14.4. The lowest BCUT2D eigenvalue weighted by Crippen LogP contribution is -2.40. The number of carbonyl (C=O) groups is 1. The monoisotopic (exact) mass is 425 g/mol. The van der Waals surface area contributed by atoms with Gasteiger partial charge in [0.25, 0.3) is 5.91 Å². The number of morpholine rings is 1. The molecule has 3 aromatic rings. The van der Waals surface area contributed by atoms with E-state index in [4.69, 9.17) is 4.74 Å². The van der Waals surface area contributed by atoms with Crippen LogP contribution in [-0.2, 0) is 14.8 Å². The Bertz CT molecular complexity index is 1150. The number of ether oxygens (including phenoxy) is 1. The van der Waals surface area contributed by atoms with Gasteiger partial charge in [-0.05, 0) is 55.0 Å². The Morgan fingerprint density at radius 2 is 1.73 bits per heavy atom. The van der Waals surface area contributed by atoms with Crippen molar-refractivity contribution in [2.24, 2.45) is 0 Å². The van der Waals surface area contributed by atoms with Crippen LogP contribution in [0.25, 0.3) is 5.69 Å². The third-order valence-electron chi connectivity index (χ3n) is 5.04. The summed E-state index contributed by atoms with van der Waals surface area (Å²) < 4.78 is 34.7. The van der Waals surface area contributed by atoms with Crippen molar-refractivity contribution in [3.05, 3.63) is 78.1 Å². The molecule has 0 spiro atoms. The first-order valence-corrected chi connectivity index (χ1v) is 11.1. The van der Waals surface area contributed by atoms with E-state index in [2.05, 4.69) is 5.32 Å². The van der Waals surface area contributed by atoms with E-state index in [-0.39, 0.29) is 10.8 Å². The summed E-state index contributed by atoms with van der Waals surface area (Å²) >= 11 is 0. The number of benzene rings is 2. The Morgan fingerprint density at radius 3 is 2.47 bits per heavy atom. The number of anilines is 1. The van der Waals surface area contributed by atoms with Gasteiger partial charge < -0.3 is 14.6 Å². The lowest BCUT2D eigenvalue weighted by molar-refractivity contribution is 0.0730. The lowest BCUT2D eigenvalue weighted by Gasteiger charge is -2.26. The van der Waals surface area contributed by atoms with Crippen LogP contribution in [0.1, 0.15) is 15.9 Å². The molecule has 0 saturated carbocycles. The van der Waals surface area contributed by atoms with Crippen LogP contribution in [0.5, 0.6) is 0 Å². The van der Waals surface area contributed by atoms with Gasteiger partial charge in [-0.1, -0.05) is 12.1 Å². The molecule has 1 saturated heterocycles. The smallest absolute Gasteiger partial charge is 0.255 e. The summed E-state index contributed by atoms with van der Waals surface area (Å²) in [6.07, 6.45) is 3.81. The van der Waals surface area contributed by atoms with Gasteiger partial charge in [0.2, 0.25) is 10.0 Å². The minimum Gasteiger partial charge on any atom is -0.379 e. The van der Waals surface area contributed by atoms with Crippen LogP contribution in [0.3, 0.4) is 0 Å². The Hall–Kier alpha value is -2.94. The van der Waals surface area contributed by atoms with Gasteiger partial charge in [0.05, 0.1) is 18.1 Å². The fraction of sp³-hybridized carbons (Fsp3) is 0.227. The average Bonchev–Trinajstić information content (AvgIpc) is 3.31. The Labute approximate surface area is 175 Å². The number of aromatic nitrogens is 1. The topological polar surface area (TPSA) is 80.6 Å². The molecule has 1 aliphatic heterocycles. The SMILES string of the molecule is Cc1ccc(NC(=O)c2cccc(-n3cccc3)c2)cc1S(=O)(=O)N1CCOCC1. The second-order valence-corrected chi connectivity index (χ2v) is 9.00. The van der Waals surface area contributed by atoms with Crippen LogP contribution in [0.4, 0.5) is 5.69 Å². The zero-order valence-electron chi connectivity index (χ0n) is 16.6. The highest BCUT2D eigenvalue weighted by atomic mass is 32.2. The number of hydrogen-bond acceptors (Lipinski definition) is 4. The molecule has 2 heterocycles. The quantitative estimate of drug-likeness (QED) is 0.681. The molecule has 156 valence electrons. The van der Waals surface area contributed by atoms with E-state index in [1.807, 2.05) is 41.2 Å². The first-order valence-electron chi connectivity index (χ1n) is 9.68. The predicted octanol–water partition coefficient (Wildman–Crippen LogP) is 3.06. The summed E-state index contributed by atoms with van der Waals surface area (Å²) in [5.41, 5.74) is 2.42. The van der Waals surface area contributed by atoms with E-state index in [0.29, 0.717) is 43.1 Å². The van der Waals surface area contributed by atoms with Crippen LogP contribution < -0.4 is 5.32 Å². The van der Waals surface area contributed by atoms with Crippen LogP contribution in [0.15, 0.2) is 71.9 Å². The lowest BCUT2D eigenvalue weighted by atomic mass is 10.1. The summed E-state index contributed by atoms with van der Waals surface area (Å²) in [5.74, 6) is -0.303. The number of nitrogens with zero attached hydrogens (tertiary/aromatic N) is 2. The maximum atomic E-state index is 13.0. The third-order valence-corrected chi connectivity index (χ3v) is 7.09. The fourth-order valence-electron chi connectivity index (χ4n) is 3.40. The summed E-state index contributed by atoms with van der Waals surface area (Å²) in [7, 11) is -3.65. The molecule has 1 aliphatic rings. The first kappa shape index (κ1) is 20.3. The van der Waals surface area contributed by atoms with Crippen molar-refractivity contribution >= 4 is 21.6 Å². The third kappa shape index (κ3) is 4.16. The Morgan fingerprint density at radius 1 is 1.00 bits per heavy atom. The average molecular weight is 426 g/mol. The highest BCUT2D eigenvalue weighted by Gasteiger charge is 2.28. The highest BCUT2D eigenvalue weighted by molar-refractivity contribution is 7.89. The summed E-state index contributed by atoms with van der Waals surface area (Å²) in [6, 6.07) is 16.0. The van der Waals surface area contributed by atoms with E-state index >= 15 is 0 Å². The Balaban J connectivity index is 1.58. The summed E-state index contributed by atoms with van der Waals surface area (Å²) in [5, 5.41) is 2.82. The zero-order chi connectivity index (χ0) is 21.1. The zero-order valence-corrected chi connectivity index (χ0v) is 17.4. The molecule has 1 fully saturated rings. The molecule has 1 N–H and O–H groups in total. The van der Waals surface area contributed by atoms with Gasteiger partial charge in [-0.2, -0.15) is 4.31 Å². The number of carbonyl (C=O) groups excluding carboxylic acids is 1. The second-order valence-electron chi connectivity index (χ2n) is 7.09. The molecule has 0 unspecified atom stereocenters. The van der Waals surface area contributed by atoms with Gasteiger partial charge in [-0.25, -0.2) is 8.42 Å². The molecule has 8 heteroatoms. The fourth-order valence-corrected chi connectivity index (χ4v) is 5.06. The molecule has 7 nitrogen and oxygen atoms in total. The van der Waals surface area contributed by atoms with Gasteiger partial charge in [0.15, 0.2) is 0 Å². The van der Waals surface area contributed by atoms with Crippen LogP contribution >= 0.6 is 0 Å². The maximum absolute atomic E-state index is 13.0. The Kier molecular flexibility index (Phi) is 5.72. The molecular formula is C22H23N3O4S. The summed E-state index contributed by atoms with van der Waals surface area (Å²) in [6.45, 7) is 3.16. The van der Waals surface area contributed by atoms with Gasteiger partial charge in [0.1, 0.15) is 0 Å². The molecule has 30 heavy (non-hydrogen) atoms. The van der Waals surface area contributed by atoms with E-state index in [0.717, 1.165) is 5.69 Å². The minimum atomic E-state index is -3.65. The van der Waals surface area contributed by atoms with E-state index in [9.17, 15) is 13.2 Å². The van der Waals surface area contributed by atoms with Crippen molar-refractivity contribution in [3.8, 4) is 5.69 Å². The van der Waals surface area contributed by atoms with Gasteiger partial charge in [-0.15, -0.1) is 0 Å². The number of aryl methyl sites for hydroxylation is 1. The molecule has 1 aromatic heterocycles. The molecule has 0 aliphatic carbocycles. The molecule has 2 aromatic carbocycles. The van der Waals surface area contributed by atoms with Crippen molar-refractivity contribution in [2.45, 2.75) is 11.8 Å². The van der Waals surface area contributed by atoms with E-state index in [1.54, 1.807) is 31.2 Å². The molecule has 0 bridgehead atoms. The number of sulfonamides is 1. The normalized spacial score (nSPS) is 15.1. The van der Waals surface area contributed by atoms with Crippen molar-refractivity contribution < 1.29 is 17.9 Å². The van der Waals surface area contributed by atoms with Crippen LogP contribution in [0, 0.1) is 6.92 Å². The van der Waals surface area contributed by atoms with Gasteiger partial charge >= 0.3 is 0 Å². The number of nitrogens with one attached hydrogen (secondary N) is 1. The maximum Gasteiger partial charge on any atom is 0.255 e. The molecular weight excluding hydrogens is 402 g/mol. The number of rotatable bonds is 5. The highest BCUT2D eigenvalue weighted by Crippen LogP contribution is 2.25. The van der Waals surface area contributed by atoms with Gasteiger partial charge in [-0.3, -0.25) is 4.79 Å². The minimum absolute atomic E-state index is 0.197. The van der Waals surface area contributed by atoms with Crippen molar-refractivity contribution in [3.63, 3.8) is 0 Å². The standard InChI is InChI=1S/C22H23N3O4S/c1-17-7-8-19(16-21(17)30(27,28)25-11-13-29-14-12-25)23-22(26)18-5-4-6-20(15-18)24-9-2-3-10-24/h2-10,15-16H,11-14H2,1H3,(H,23,26). The number of amides is 1. The van der Waals surface area contributed by atoms with Crippen LogP contribution in [-0.4, -0.2) is 49.5 Å². The molecule has 4 rings (SSSR count). The summed E-state index contributed by atoms with van der Waals surface area (Å²) in [4.78, 5) is 13.0. The van der Waals surface area contributed by atoms with Gasteiger partial charge in [0, 0.05) is 42.4 Å². The molecule has 0 atom stereocenters. The van der Waals surface area contributed by atoms with E-state index < -0.39 is 10.0 Å². The van der Waals surface area contributed by atoms with Crippen molar-refractivity contribution in [2.75, 3.05) is 31.6 Å².